The quantitative estimate of drug-likeness (QED) is 0.658. The van der Waals surface area contributed by atoms with Gasteiger partial charge in [0.1, 0.15) is 0 Å². The molecule has 0 aromatic heterocycles. The maximum Gasteiger partial charge on any atom is 0.0293 e. The van der Waals surface area contributed by atoms with Crippen molar-refractivity contribution in [1.29, 1.82) is 0 Å². The van der Waals surface area contributed by atoms with Crippen LogP contribution in [0.5, 0.6) is 0 Å². The van der Waals surface area contributed by atoms with Crippen molar-refractivity contribution in [3.05, 3.63) is 0 Å². The first-order valence-corrected chi connectivity index (χ1v) is 3.98. The van der Waals surface area contributed by atoms with Crippen molar-refractivity contribution in [1.82, 2.24) is 0 Å². The molecule has 1 nitrogen and oxygen atoms in total. The summed E-state index contributed by atoms with van der Waals surface area (Å²) in [5.41, 5.74) is 5.40. The van der Waals surface area contributed by atoms with Gasteiger partial charge in [0.15, 0.2) is 0 Å². The van der Waals surface area contributed by atoms with Gasteiger partial charge in [-0.25, -0.2) is 0 Å². The minimum absolute atomic E-state index is 0.507. The molecule has 0 spiro atoms. The number of alkyl halides is 1. The van der Waals surface area contributed by atoms with Crippen molar-refractivity contribution in [2.75, 3.05) is 6.54 Å². The summed E-state index contributed by atoms with van der Waals surface area (Å²) < 4.78 is 0. The summed E-state index contributed by atoms with van der Waals surface area (Å²) in [7, 11) is 0. The van der Waals surface area contributed by atoms with E-state index < -0.39 is 0 Å². The topological polar surface area (TPSA) is 26.0 Å². The SMILES string of the molecule is CCC(C)C(Br)CN. The first-order valence-electron chi connectivity index (χ1n) is 3.06. The Morgan fingerprint density at radius 3 is 2.25 bits per heavy atom. The minimum atomic E-state index is 0.507. The van der Waals surface area contributed by atoms with Gasteiger partial charge < -0.3 is 5.73 Å². The number of nitrogens with two attached hydrogens (primary N) is 1. The molecule has 0 saturated carbocycles. The summed E-state index contributed by atoms with van der Waals surface area (Å²) in [4.78, 5) is 0.507. The molecule has 2 atom stereocenters. The molecule has 0 bridgehead atoms. The molecule has 0 aromatic carbocycles. The Morgan fingerprint density at radius 2 is 2.12 bits per heavy atom. The molecular formula is C6H14BrN. The predicted octanol–water partition coefficient (Wildman–Crippen LogP) is 1.75. The van der Waals surface area contributed by atoms with Gasteiger partial charge >= 0.3 is 0 Å². The highest BCUT2D eigenvalue weighted by atomic mass is 79.9. The van der Waals surface area contributed by atoms with Crippen LogP contribution in [0.15, 0.2) is 0 Å². The van der Waals surface area contributed by atoms with Crippen LogP contribution in [0, 0.1) is 5.92 Å². The van der Waals surface area contributed by atoms with Crippen LogP contribution in [0.1, 0.15) is 20.3 Å². The average Bonchev–Trinajstić information content (AvgIpc) is 1.84. The summed E-state index contributed by atoms with van der Waals surface area (Å²) in [6.45, 7) is 5.12. The second kappa shape index (κ2) is 4.33. The minimum Gasteiger partial charge on any atom is -0.329 e. The molecule has 2 heteroatoms. The molecule has 0 heterocycles. The fourth-order valence-electron chi connectivity index (χ4n) is 0.488. The molecule has 0 radical (unpaired) electrons. The van der Waals surface area contributed by atoms with Crippen molar-refractivity contribution in [2.24, 2.45) is 11.7 Å². The maximum absolute atomic E-state index is 5.40. The smallest absolute Gasteiger partial charge is 0.0293 e. The first-order chi connectivity index (χ1) is 3.72. The van der Waals surface area contributed by atoms with E-state index in [4.69, 9.17) is 5.73 Å². The van der Waals surface area contributed by atoms with E-state index >= 15 is 0 Å². The van der Waals surface area contributed by atoms with Gasteiger partial charge in [-0.05, 0) is 5.92 Å². The van der Waals surface area contributed by atoms with Gasteiger partial charge in [-0.15, -0.1) is 0 Å². The van der Waals surface area contributed by atoms with Crippen molar-refractivity contribution < 1.29 is 0 Å². The fraction of sp³-hybridized carbons (Fsp3) is 1.00. The number of rotatable bonds is 3. The van der Waals surface area contributed by atoms with Crippen LogP contribution in [0.3, 0.4) is 0 Å². The number of hydrogen-bond acceptors (Lipinski definition) is 1. The number of hydrogen-bond donors (Lipinski definition) is 1. The van der Waals surface area contributed by atoms with Gasteiger partial charge in [0, 0.05) is 11.4 Å². The van der Waals surface area contributed by atoms with Crippen LogP contribution in [-0.2, 0) is 0 Å². The lowest BCUT2D eigenvalue weighted by molar-refractivity contribution is 0.545. The van der Waals surface area contributed by atoms with Gasteiger partial charge in [0.05, 0.1) is 0 Å². The third-order valence-electron chi connectivity index (χ3n) is 1.49. The van der Waals surface area contributed by atoms with E-state index in [1.54, 1.807) is 0 Å². The van der Waals surface area contributed by atoms with Crippen LogP contribution in [0.25, 0.3) is 0 Å². The van der Waals surface area contributed by atoms with E-state index in [1.807, 2.05) is 0 Å². The molecule has 0 amide bonds. The lowest BCUT2D eigenvalue weighted by Crippen LogP contribution is -2.20. The van der Waals surface area contributed by atoms with Gasteiger partial charge in [-0.2, -0.15) is 0 Å². The molecule has 0 aliphatic heterocycles. The summed E-state index contributed by atoms with van der Waals surface area (Å²) in [5, 5.41) is 0. The largest absolute Gasteiger partial charge is 0.329 e. The summed E-state index contributed by atoms with van der Waals surface area (Å²) in [5.74, 6) is 0.708. The molecule has 2 N–H and O–H groups in total. The normalized spacial score (nSPS) is 18.0. The van der Waals surface area contributed by atoms with Crippen LogP contribution in [-0.4, -0.2) is 11.4 Å². The summed E-state index contributed by atoms with van der Waals surface area (Å²) >= 11 is 3.48. The lowest BCUT2D eigenvalue weighted by atomic mass is 10.1. The molecule has 0 aromatic rings. The zero-order valence-corrected chi connectivity index (χ0v) is 7.11. The monoisotopic (exact) mass is 179 g/mol. The third kappa shape index (κ3) is 2.68. The van der Waals surface area contributed by atoms with Crippen molar-refractivity contribution in [2.45, 2.75) is 25.1 Å². The van der Waals surface area contributed by atoms with Crippen LogP contribution in [0.2, 0.25) is 0 Å². The lowest BCUT2D eigenvalue weighted by Gasteiger charge is -2.12. The zero-order valence-electron chi connectivity index (χ0n) is 5.52. The molecule has 0 aliphatic rings. The van der Waals surface area contributed by atoms with Gasteiger partial charge in [-0.1, -0.05) is 36.2 Å². The molecule has 0 saturated heterocycles. The Balaban J connectivity index is 3.29. The number of halogens is 1. The molecular weight excluding hydrogens is 166 g/mol. The van der Waals surface area contributed by atoms with Crippen molar-refractivity contribution in [3.63, 3.8) is 0 Å². The van der Waals surface area contributed by atoms with E-state index in [0.29, 0.717) is 10.7 Å². The molecule has 8 heavy (non-hydrogen) atoms. The standard InChI is InChI=1S/C6H14BrN/c1-3-5(2)6(7)4-8/h5-6H,3-4,8H2,1-2H3. The van der Waals surface area contributed by atoms with Crippen molar-refractivity contribution in [3.8, 4) is 0 Å². The van der Waals surface area contributed by atoms with Crippen molar-refractivity contribution >= 4 is 15.9 Å². The highest BCUT2D eigenvalue weighted by molar-refractivity contribution is 9.09. The van der Waals surface area contributed by atoms with Gasteiger partial charge in [-0.3, -0.25) is 0 Å². The van der Waals surface area contributed by atoms with E-state index in [1.165, 1.54) is 6.42 Å². The fourth-order valence-corrected chi connectivity index (χ4v) is 0.862. The molecule has 0 aliphatic carbocycles. The van der Waals surface area contributed by atoms with E-state index in [0.717, 1.165) is 6.54 Å². The molecule has 0 fully saturated rings. The Bertz CT molecular complexity index is 48.5. The third-order valence-corrected chi connectivity index (χ3v) is 2.76. The highest BCUT2D eigenvalue weighted by Crippen LogP contribution is 2.13. The van der Waals surface area contributed by atoms with E-state index in [9.17, 15) is 0 Å². The summed E-state index contributed by atoms with van der Waals surface area (Å²) in [6, 6.07) is 0. The molecule has 50 valence electrons. The van der Waals surface area contributed by atoms with E-state index in [-0.39, 0.29) is 0 Å². The molecule has 0 rings (SSSR count). The zero-order chi connectivity index (χ0) is 6.57. The van der Waals surface area contributed by atoms with E-state index in [2.05, 4.69) is 29.8 Å². The van der Waals surface area contributed by atoms with Gasteiger partial charge in [0.2, 0.25) is 0 Å². The Hall–Kier alpha value is 0.440. The van der Waals surface area contributed by atoms with Gasteiger partial charge in [0.25, 0.3) is 0 Å². The first kappa shape index (κ1) is 8.44. The second-order valence-corrected chi connectivity index (χ2v) is 3.31. The maximum atomic E-state index is 5.40. The predicted molar refractivity (Wildman–Crippen MR) is 41.2 cm³/mol. The Labute approximate surface area is 59.8 Å². The Morgan fingerprint density at radius 1 is 1.62 bits per heavy atom. The van der Waals surface area contributed by atoms with Crippen LogP contribution in [0.4, 0.5) is 0 Å². The van der Waals surface area contributed by atoms with Crippen LogP contribution < -0.4 is 5.73 Å². The average molecular weight is 180 g/mol. The molecule has 2 unspecified atom stereocenters. The summed E-state index contributed by atoms with van der Waals surface area (Å²) in [6.07, 6.45) is 1.20. The second-order valence-electron chi connectivity index (χ2n) is 2.14. The highest BCUT2D eigenvalue weighted by Gasteiger charge is 2.07. The Kier molecular flexibility index (Phi) is 4.57. The van der Waals surface area contributed by atoms with Crippen LogP contribution >= 0.6 is 15.9 Å².